The van der Waals surface area contributed by atoms with Crippen molar-refractivity contribution in [3.63, 3.8) is 0 Å². The minimum Gasteiger partial charge on any atom is -0.468 e. The lowest BCUT2D eigenvalue weighted by molar-refractivity contribution is -0.145. The summed E-state index contributed by atoms with van der Waals surface area (Å²) in [6.45, 7) is 7.16. The van der Waals surface area contributed by atoms with Crippen LogP contribution in [0.15, 0.2) is 0 Å². The van der Waals surface area contributed by atoms with Crippen LogP contribution in [-0.4, -0.2) is 37.9 Å². The number of rotatable bonds is 7. The second-order valence-electron chi connectivity index (χ2n) is 5.56. The fourth-order valence-electron chi connectivity index (χ4n) is 2.64. The van der Waals surface area contributed by atoms with Crippen LogP contribution in [0.25, 0.3) is 0 Å². The van der Waals surface area contributed by atoms with Gasteiger partial charge < -0.3 is 14.8 Å². The van der Waals surface area contributed by atoms with Crippen LogP contribution in [0.4, 0.5) is 0 Å². The van der Waals surface area contributed by atoms with Crippen LogP contribution in [0.2, 0.25) is 0 Å². The van der Waals surface area contributed by atoms with Crippen LogP contribution in [0.5, 0.6) is 0 Å². The molecule has 4 heteroatoms. The number of carbonyl (C=O) groups excluding carboxylic acids is 1. The molecule has 0 aromatic rings. The summed E-state index contributed by atoms with van der Waals surface area (Å²) in [6.07, 6.45) is 5.52. The number of hydrogen-bond donors (Lipinski definition) is 1. The molecule has 0 aliphatic carbocycles. The SMILES string of the molecule is CCCC1CC(NC(C(=O)OC)C(C)CC)CCO1. The smallest absolute Gasteiger partial charge is 0.323 e. The van der Waals surface area contributed by atoms with E-state index in [-0.39, 0.29) is 12.0 Å². The molecule has 1 aliphatic heterocycles. The van der Waals surface area contributed by atoms with Gasteiger partial charge in [0.15, 0.2) is 0 Å². The Kier molecular flexibility index (Phi) is 7.39. The van der Waals surface area contributed by atoms with E-state index >= 15 is 0 Å². The zero-order chi connectivity index (χ0) is 14.3. The molecule has 0 spiro atoms. The quantitative estimate of drug-likeness (QED) is 0.723. The number of esters is 1. The molecule has 112 valence electrons. The monoisotopic (exact) mass is 271 g/mol. The molecule has 4 nitrogen and oxygen atoms in total. The Morgan fingerprint density at radius 2 is 2.21 bits per heavy atom. The van der Waals surface area contributed by atoms with Crippen LogP contribution < -0.4 is 5.32 Å². The lowest BCUT2D eigenvalue weighted by Crippen LogP contribution is -2.50. The summed E-state index contributed by atoms with van der Waals surface area (Å²) < 4.78 is 10.7. The molecular formula is C15H29NO3. The molecule has 0 saturated carbocycles. The third kappa shape index (κ3) is 5.11. The Hall–Kier alpha value is -0.610. The maximum Gasteiger partial charge on any atom is 0.323 e. The highest BCUT2D eigenvalue weighted by Crippen LogP contribution is 2.20. The fraction of sp³-hybridized carbons (Fsp3) is 0.933. The van der Waals surface area contributed by atoms with Crippen LogP contribution in [0.3, 0.4) is 0 Å². The Morgan fingerprint density at radius 1 is 1.47 bits per heavy atom. The van der Waals surface area contributed by atoms with Crippen molar-refractivity contribution >= 4 is 5.97 Å². The third-order valence-corrected chi connectivity index (χ3v) is 4.06. The molecule has 1 fully saturated rings. The van der Waals surface area contributed by atoms with Gasteiger partial charge in [-0.15, -0.1) is 0 Å². The Bertz CT molecular complexity index is 268. The summed E-state index contributed by atoms with van der Waals surface area (Å²) in [4.78, 5) is 11.9. The lowest BCUT2D eigenvalue weighted by Gasteiger charge is -2.33. The van der Waals surface area contributed by atoms with Crippen molar-refractivity contribution in [2.75, 3.05) is 13.7 Å². The molecule has 0 amide bonds. The van der Waals surface area contributed by atoms with Gasteiger partial charge in [-0.1, -0.05) is 33.6 Å². The first-order valence-corrected chi connectivity index (χ1v) is 7.57. The maximum atomic E-state index is 11.9. The molecule has 1 aliphatic rings. The zero-order valence-electron chi connectivity index (χ0n) is 12.8. The van der Waals surface area contributed by atoms with Crippen molar-refractivity contribution in [2.45, 2.75) is 71.1 Å². The molecule has 1 rings (SSSR count). The highest BCUT2D eigenvalue weighted by atomic mass is 16.5. The Labute approximate surface area is 117 Å². The second kappa shape index (κ2) is 8.54. The van der Waals surface area contributed by atoms with E-state index in [9.17, 15) is 4.79 Å². The van der Waals surface area contributed by atoms with E-state index in [4.69, 9.17) is 9.47 Å². The van der Waals surface area contributed by atoms with E-state index in [0.717, 1.165) is 38.7 Å². The Morgan fingerprint density at radius 3 is 2.79 bits per heavy atom. The van der Waals surface area contributed by atoms with Crippen LogP contribution in [0, 0.1) is 5.92 Å². The second-order valence-corrected chi connectivity index (χ2v) is 5.56. The topological polar surface area (TPSA) is 47.6 Å². The summed E-state index contributed by atoms with van der Waals surface area (Å²) in [5.74, 6) is 0.146. The van der Waals surface area contributed by atoms with Gasteiger partial charge >= 0.3 is 5.97 Å². The molecule has 19 heavy (non-hydrogen) atoms. The molecular weight excluding hydrogens is 242 g/mol. The summed E-state index contributed by atoms with van der Waals surface area (Å²) in [5.41, 5.74) is 0. The van der Waals surface area contributed by atoms with Gasteiger partial charge in [-0.3, -0.25) is 4.79 Å². The normalized spacial score (nSPS) is 26.7. The van der Waals surface area contributed by atoms with Gasteiger partial charge in [0.1, 0.15) is 6.04 Å². The predicted molar refractivity (Wildman–Crippen MR) is 76.1 cm³/mol. The minimum absolute atomic E-state index is 0.145. The third-order valence-electron chi connectivity index (χ3n) is 4.06. The molecule has 0 radical (unpaired) electrons. The van der Waals surface area contributed by atoms with Gasteiger partial charge in [0.25, 0.3) is 0 Å². The van der Waals surface area contributed by atoms with E-state index < -0.39 is 0 Å². The van der Waals surface area contributed by atoms with Crippen molar-refractivity contribution in [3.05, 3.63) is 0 Å². The highest BCUT2D eigenvalue weighted by molar-refractivity contribution is 5.76. The van der Waals surface area contributed by atoms with Gasteiger partial charge in [-0.25, -0.2) is 0 Å². The molecule has 1 heterocycles. The van der Waals surface area contributed by atoms with E-state index in [1.165, 1.54) is 7.11 Å². The summed E-state index contributed by atoms with van der Waals surface area (Å²) in [6, 6.07) is 0.170. The molecule has 4 atom stereocenters. The maximum absolute atomic E-state index is 11.9. The van der Waals surface area contributed by atoms with Crippen molar-refractivity contribution in [2.24, 2.45) is 5.92 Å². The van der Waals surface area contributed by atoms with Gasteiger partial charge in [-0.05, 0) is 25.2 Å². The first-order chi connectivity index (χ1) is 9.12. The first kappa shape index (κ1) is 16.4. The van der Waals surface area contributed by atoms with Gasteiger partial charge in [-0.2, -0.15) is 0 Å². The minimum atomic E-state index is -0.194. The number of carbonyl (C=O) groups is 1. The van der Waals surface area contributed by atoms with Gasteiger partial charge in [0.05, 0.1) is 13.2 Å². The zero-order valence-corrected chi connectivity index (χ0v) is 12.8. The van der Waals surface area contributed by atoms with Crippen molar-refractivity contribution in [1.29, 1.82) is 0 Å². The fourth-order valence-corrected chi connectivity index (χ4v) is 2.64. The van der Waals surface area contributed by atoms with Crippen LogP contribution >= 0.6 is 0 Å². The van der Waals surface area contributed by atoms with Gasteiger partial charge in [0.2, 0.25) is 0 Å². The van der Waals surface area contributed by atoms with Gasteiger partial charge in [0, 0.05) is 12.6 Å². The number of methoxy groups -OCH3 is 1. The summed E-state index contributed by atoms with van der Waals surface area (Å²) in [5, 5.41) is 3.49. The number of ether oxygens (including phenoxy) is 2. The van der Waals surface area contributed by atoms with Crippen LogP contribution in [0.1, 0.15) is 52.9 Å². The molecule has 0 bridgehead atoms. The number of hydrogen-bond acceptors (Lipinski definition) is 4. The van der Waals surface area contributed by atoms with E-state index in [1.807, 2.05) is 0 Å². The Balaban J connectivity index is 2.55. The molecule has 0 aromatic heterocycles. The lowest BCUT2D eigenvalue weighted by atomic mass is 9.94. The standard InChI is InChI=1S/C15H29NO3/c1-5-7-13-10-12(8-9-19-13)16-14(11(3)6-2)15(17)18-4/h11-14,16H,5-10H2,1-4H3. The van der Waals surface area contributed by atoms with E-state index in [2.05, 4.69) is 26.1 Å². The van der Waals surface area contributed by atoms with Crippen molar-refractivity contribution in [1.82, 2.24) is 5.32 Å². The number of nitrogens with one attached hydrogen (secondary N) is 1. The molecule has 1 saturated heterocycles. The van der Waals surface area contributed by atoms with Crippen molar-refractivity contribution < 1.29 is 14.3 Å². The first-order valence-electron chi connectivity index (χ1n) is 7.57. The van der Waals surface area contributed by atoms with Crippen LogP contribution in [-0.2, 0) is 14.3 Å². The van der Waals surface area contributed by atoms with E-state index in [1.54, 1.807) is 0 Å². The summed E-state index contributed by atoms with van der Waals surface area (Å²) in [7, 11) is 1.46. The predicted octanol–water partition coefficient (Wildman–Crippen LogP) is 2.51. The largest absolute Gasteiger partial charge is 0.468 e. The molecule has 0 aromatic carbocycles. The molecule has 1 N–H and O–H groups in total. The highest BCUT2D eigenvalue weighted by Gasteiger charge is 2.30. The molecule has 4 unspecified atom stereocenters. The average molecular weight is 271 g/mol. The summed E-state index contributed by atoms with van der Waals surface area (Å²) >= 11 is 0. The van der Waals surface area contributed by atoms with E-state index in [0.29, 0.717) is 18.1 Å². The average Bonchev–Trinajstić information content (AvgIpc) is 2.44. The van der Waals surface area contributed by atoms with Crippen molar-refractivity contribution in [3.8, 4) is 0 Å².